The van der Waals surface area contributed by atoms with Crippen molar-refractivity contribution in [2.75, 3.05) is 6.54 Å². The lowest BCUT2D eigenvalue weighted by Crippen LogP contribution is -2.23. The molecule has 0 amide bonds. The normalized spacial score (nSPS) is 12.9. The van der Waals surface area contributed by atoms with Crippen LogP contribution in [0.1, 0.15) is 49.0 Å². The summed E-state index contributed by atoms with van der Waals surface area (Å²) < 4.78 is 14.0. The quantitative estimate of drug-likeness (QED) is 0.890. The van der Waals surface area contributed by atoms with Gasteiger partial charge < -0.3 is 5.32 Å². The van der Waals surface area contributed by atoms with Gasteiger partial charge >= 0.3 is 0 Å². The fourth-order valence-corrected chi connectivity index (χ4v) is 3.01. The maximum atomic E-state index is 14.0. The summed E-state index contributed by atoms with van der Waals surface area (Å²) in [5, 5.41) is 6.30. The number of thiazole rings is 1. The van der Waals surface area contributed by atoms with Gasteiger partial charge in [0.1, 0.15) is 10.8 Å². The molecular formula is C15H19FN2S. The average Bonchev–Trinajstić information content (AvgIpc) is 2.86. The van der Waals surface area contributed by atoms with Crippen molar-refractivity contribution in [3.8, 4) is 0 Å². The molecule has 2 nitrogen and oxygen atoms in total. The van der Waals surface area contributed by atoms with Gasteiger partial charge in [0.15, 0.2) is 0 Å². The molecule has 19 heavy (non-hydrogen) atoms. The van der Waals surface area contributed by atoms with Crippen molar-refractivity contribution in [2.45, 2.75) is 32.7 Å². The van der Waals surface area contributed by atoms with Crippen LogP contribution in [0, 0.1) is 5.82 Å². The summed E-state index contributed by atoms with van der Waals surface area (Å²) in [7, 11) is 0. The molecule has 0 aliphatic carbocycles. The smallest absolute Gasteiger partial charge is 0.128 e. The molecule has 0 spiro atoms. The van der Waals surface area contributed by atoms with Gasteiger partial charge in [0.2, 0.25) is 0 Å². The summed E-state index contributed by atoms with van der Waals surface area (Å²) >= 11 is 1.59. The third kappa shape index (κ3) is 3.19. The third-order valence-corrected chi connectivity index (χ3v) is 3.93. The van der Waals surface area contributed by atoms with E-state index in [-0.39, 0.29) is 11.9 Å². The predicted octanol–water partition coefficient (Wildman–Crippen LogP) is 4.10. The van der Waals surface area contributed by atoms with Crippen molar-refractivity contribution in [3.05, 3.63) is 51.7 Å². The lowest BCUT2D eigenvalue weighted by molar-refractivity contribution is 0.556. The molecule has 0 fully saturated rings. The monoisotopic (exact) mass is 278 g/mol. The van der Waals surface area contributed by atoms with E-state index in [0.29, 0.717) is 11.5 Å². The highest BCUT2D eigenvalue weighted by atomic mass is 32.1. The molecule has 1 unspecified atom stereocenters. The van der Waals surface area contributed by atoms with Gasteiger partial charge in [-0.15, -0.1) is 11.3 Å². The number of nitrogens with one attached hydrogen (secondary N) is 1. The lowest BCUT2D eigenvalue weighted by atomic mass is 10.1. The van der Waals surface area contributed by atoms with Gasteiger partial charge in [-0.05, 0) is 18.5 Å². The summed E-state index contributed by atoms with van der Waals surface area (Å²) in [6.45, 7) is 7.02. The second-order valence-electron chi connectivity index (χ2n) is 4.78. The molecule has 0 radical (unpaired) electrons. The van der Waals surface area contributed by atoms with Gasteiger partial charge in [0.25, 0.3) is 0 Å². The van der Waals surface area contributed by atoms with Gasteiger partial charge in [0.05, 0.1) is 11.7 Å². The number of rotatable bonds is 5. The zero-order chi connectivity index (χ0) is 13.8. The maximum absolute atomic E-state index is 14.0. The Labute approximate surface area is 117 Å². The van der Waals surface area contributed by atoms with Crippen LogP contribution in [0.3, 0.4) is 0 Å². The molecule has 1 atom stereocenters. The lowest BCUT2D eigenvalue weighted by Gasteiger charge is -2.16. The number of benzene rings is 1. The molecule has 0 saturated heterocycles. The topological polar surface area (TPSA) is 24.9 Å². The van der Waals surface area contributed by atoms with Crippen molar-refractivity contribution in [1.29, 1.82) is 0 Å². The maximum Gasteiger partial charge on any atom is 0.128 e. The number of hydrogen-bond acceptors (Lipinski definition) is 3. The van der Waals surface area contributed by atoms with Crippen LogP contribution in [0.15, 0.2) is 29.6 Å². The summed E-state index contributed by atoms with van der Waals surface area (Å²) in [4.78, 5) is 4.64. The first kappa shape index (κ1) is 14.2. The summed E-state index contributed by atoms with van der Waals surface area (Å²) in [5.74, 6) is 0.211. The Balaban J connectivity index is 2.37. The van der Waals surface area contributed by atoms with Crippen molar-refractivity contribution < 1.29 is 4.39 Å². The molecule has 1 aromatic carbocycles. The number of nitrogens with zero attached hydrogens (tertiary/aromatic N) is 1. The van der Waals surface area contributed by atoms with Crippen LogP contribution in [0.2, 0.25) is 0 Å². The molecule has 0 aliphatic rings. The Morgan fingerprint density at radius 3 is 2.63 bits per heavy atom. The van der Waals surface area contributed by atoms with E-state index in [0.717, 1.165) is 17.2 Å². The van der Waals surface area contributed by atoms with Gasteiger partial charge in [-0.25, -0.2) is 9.37 Å². The average molecular weight is 278 g/mol. The summed E-state index contributed by atoms with van der Waals surface area (Å²) in [5.41, 5.74) is 1.73. The Bertz CT molecular complexity index is 536. The van der Waals surface area contributed by atoms with Crippen LogP contribution in [0.4, 0.5) is 4.39 Å². The van der Waals surface area contributed by atoms with Gasteiger partial charge in [-0.3, -0.25) is 0 Å². The van der Waals surface area contributed by atoms with E-state index in [1.165, 1.54) is 6.07 Å². The zero-order valence-electron chi connectivity index (χ0n) is 11.5. The molecule has 0 aliphatic heterocycles. The Kier molecular flexibility index (Phi) is 4.66. The Morgan fingerprint density at radius 1 is 1.32 bits per heavy atom. The van der Waals surface area contributed by atoms with Crippen LogP contribution in [0.5, 0.6) is 0 Å². The van der Waals surface area contributed by atoms with Gasteiger partial charge in [-0.2, -0.15) is 0 Å². The van der Waals surface area contributed by atoms with Crippen molar-refractivity contribution in [1.82, 2.24) is 10.3 Å². The second kappa shape index (κ2) is 6.26. The third-order valence-electron chi connectivity index (χ3n) is 3.00. The highest BCUT2D eigenvalue weighted by molar-refractivity contribution is 7.09. The van der Waals surface area contributed by atoms with Crippen molar-refractivity contribution in [3.63, 3.8) is 0 Å². The first-order valence-electron chi connectivity index (χ1n) is 6.56. The van der Waals surface area contributed by atoms with Crippen LogP contribution in [-0.4, -0.2) is 11.5 Å². The van der Waals surface area contributed by atoms with Crippen molar-refractivity contribution >= 4 is 11.3 Å². The fraction of sp³-hybridized carbons (Fsp3) is 0.400. The first-order chi connectivity index (χ1) is 9.13. The van der Waals surface area contributed by atoms with E-state index in [1.54, 1.807) is 17.4 Å². The standard InChI is InChI=1S/C15H19FN2S/c1-4-17-14(11-7-5-6-8-12(11)16)15-18-13(9-19-15)10(2)3/h5-10,14,17H,4H2,1-3H3. The van der Waals surface area contributed by atoms with E-state index < -0.39 is 0 Å². The molecule has 2 rings (SSSR count). The largest absolute Gasteiger partial charge is 0.304 e. The highest BCUT2D eigenvalue weighted by Gasteiger charge is 2.20. The minimum atomic E-state index is -0.185. The minimum absolute atomic E-state index is 0.163. The van der Waals surface area contributed by atoms with Crippen molar-refractivity contribution in [2.24, 2.45) is 0 Å². The van der Waals surface area contributed by atoms with Gasteiger partial charge in [0, 0.05) is 10.9 Å². The van der Waals surface area contributed by atoms with Crippen LogP contribution in [-0.2, 0) is 0 Å². The molecule has 0 saturated carbocycles. The molecule has 102 valence electrons. The van der Waals surface area contributed by atoms with E-state index >= 15 is 0 Å². The first-order valence-corrected chi connectivity index (χ1v) is 7.44. The number of aromatic nitrogens is 1. The number of halogens is 1. The van der Waals surface area contributed by atoms with Crippen LogP contribution >= 0.6 is 11.3 Å². The molecule has 1 aromatic heterocycles. The summed E-state index contributed by atoms with van der Waals surface area (Å²) in [6.07, 6.45) is 0. The Hall–Kier alpha value is -1.26. The zero-order valence-corrected chi connectivity index (χ0v) is 12.3. The van der Waals surface area contributed by atoms with E-state index in [2.05, 4.69) is 29.5 Å². The second-order valence-corrected chi connectivity index (χ2v) is 5.67. The molecule has 4 heteroatoms. The molecular weight excluding hydrogens is 259 g/mol. The van der Waals surface area contributed by atoms with E-state index in [9.17, 15) is 4.39 Å². The van der Waals surface area contributed by atoms with E-state index in [4.69, 9.17) is 0 Å². The molecule has 0 bridgehead atoms. The van der Waals surface area contributed by atoms with Crippen LogP contribution in [0.25, 0.3) is 0 Å². The van der Waals surface area contributed by atoms with Gasteiger partial charge in [-0.1, -0.05) is 39.0 Å². The molecule has 2 aromatic rings. The van der Waals surface area contributed by atoms with Crippen LogP contribution < -0.4 is 5.32 Å². The number of hydrogen-bond donors (Lipinski definition) is 1. The minimum Gasteiger partial charge on any atom is -0.304 e. The highest BCUT2D eigenvalue weighted by Crippen LogP contribution is 2.28. The Morgan fingerprint density at radius 2 is 2.05 bits per heavy atom. The molecule has 1 heterocycles. The predicted molar refractivity (Wildman–Crippen MR) is 78.1 cm³/mol. The fourth-order valence-electron chi connectivity index (χ4n) is 1.94. The molecule has 1 N–H and O–H groups in total. The van der Waals surface area contributed by atoms with E-state index in [1.807, 2.05) is 19.1 Å². The summed E-state index contributed by atoms with van der Waals surface area (Å²) in [6, 6.07) is 6.72. The SMILES string of the molecule is CCNC(c1nc(C(C)C)cs1)c1ccccc1F.